The second kappa shape index (κ2) is 3.74. The highest BCUT2D eigenvalue weighted by Gasteiger charge is 2.20. The van der Waals surface area contributed by atoms with Gasteiger partial charge < -0.3 is 0 Å². The first-order valence-electron chi connectivity index (χ1n) is 3.93. The van der Waals surface area contributed by atoms with E-state index in [1.54, 1.807) is 18.3 Å². The molecule has 74 valence electrons. The van der Waals surface area contributed by atoms with Crippen LogP contribution in [0.2, 0.25) is 0 Å². The van der Waals surface area contributed by atoms with Crippen molar-refractivity contribution in [2.75, 3.05) is 0 Å². The molecule has 0 aliphatic heterocycles. The number of nitroso groups, excluding NO2 is 1. The van der Waals surface area contributed by atoms with Crippen LogP contribution in [0.15, 0.2) is 34.3 Å². The van der Waals surface area contributed by atoms with Gasteiger partial charge in [0, 0.05) is 23.1 Å². The highest BCUT2D eigenvalue weighted by atomic mass is 16.6. The van der Waals surface area contributed by atoms with Gasteiger partial charge in [-0.15, -0.1) is 4.91 Å². The third-order valence-corrected chi connectivity index (χ3v) is 1.71. The lowest BCUT2D eigenvalue weighted by atomic mass is 10.2. The van der Waals surface area contributed by atoms with Crippen LogP contribution in [0.1, 0.15) is 10.5 Å². The number of rotatable bonds is 2. The molecule has 0 aliphatic rings. The summed E-state index contributed by atoms with van der Waals surface area (Å²) >= 11 is 0. The SMILES string of the molecule is O=NC(=O)c1nonc1-c1cccnc1. The lowest BCUT2D eigenvalue weighted by Crippen LogP contribution is -1.96. The van der Waals surface area contributed by atoms with Gasteiger partial charge in [-0.2, -0.15) is 0 Å². The summed E-state index contributed by atoms with van der Waals surface area (Å²) in [5, 5.41) is 9.06. The van der Waals surface area contributed by atoms with Crippen LogP contribution in [0.4, 0.5) is 0 Å². The maximum Gasteiger partial charge on any atom is 0.340 e. The Morgan fingerprint density at radius 2 is 2.27 bits per heavy atom. The molecule has 2 heterocycles. The van der Waals surface area contributed by atoms with Crippen molar-refractivity contribution >= 4 is 5.91 Å². The number of hydrogen-bond acceptors (Lipinski definition) is 6. The number of hydrogen-bond donors (Lipinski definition) is 0. The van der Waals surface area contributed by atoms with Crippen LogP contribution in [0, 0.1) is 4.91 Å². The Labute approximate surface area is 83.1 Å². The molecule has 2 aromatic heterocycles. The van der Waals surface area contributed by atoms with E-state index in [1.165, 1.54) is 6.20 Å². The standard InChI is InChI=1S/C8H4N4O3/c13-8(10-14)7-6(11-15-12-7)5-2-1-3-9-4-5/h1-4H. The molecule has 0 fully saturated rings. The van der Waals surface area contributed by atoms with E-state index >= 15 is 0 Å². The minimum Gasteiger partial charge on any atom is -0.264 e. The molecule has 0 aliphatic carbocycles. The number of nitrogens with zero attached hydrogens (tertiary/aromatic N) is 4. The molecular weight excluding hydrogens is 200 g/mol. The van der Waals surface area contributed by atoms with Gasteiger partial charge in [-0.1, -0.05) is 0 Å². The van der Waals surface area contributed by atoms with Crippen LogP contribution in [0.3, 0.4) is 0 Å². The highest BCUT2D eigenvalue weighted by molar-refractivity contribution is 5.98. The second-order valence-electron chi connectivity index (χ2n) is 2.60. The van der Waals surface area contributed by atoms with Crippen molar-refractivity contribution < 1.29 is 9.42 Å². The molecular formula is C8H4N4O3. The zero-order valence-electron chi connectivity index (χ0n) is 7.32. The molecule has 0 unspecified atom stereocenters. The third kappa shape index (κ3) is 1.62. The molecule has 0 aromatic carbocycles. The summed E-state index contributed by atoms with van der Waals surface area (Å²) in [6.45, 7) is 0. The zero-order valence-corrected chi connectivity index (χ0v) is 7.32. The van der Waals surface area contributed by atoms with Crippen molar-refractivity contribution in [1.29, 1.82) is 0 Å². The van der Waals surface area contributed by atoms with Gasteiger partial charge in [0.25, 0.3) is 0 Å². The van der Waals surface area contributed by atoms with Crippen molar-refractivity contribution in [1.82, 2.24) is 15.3 Å². The topological polar surface area (TPSA) is 98.3 Å². The molecule has 1 amide bonds. The van der Waals surface area contributed by atoms with E-state index in [1.807, 2.05) is 0 Å². The van der Waals surface area contributed by atoms with Gasteiger partial charge in [-0.25, -0.2) is 4.63 Å². The average Bonchev–Trinajstić information content (AvgIpc) is 2.78. The minimum atomic E-state index is -1.02. The molecule has 0 saturated heterocycles. The maximum atomic E-state index is 11.0. The van der Waals surface area contributed by atoms with E-state index in [9.17, 15) is 9.70 Å². The number of aromatic nitrogens is 3. The lowest BCUT2D eigenvalue weighted by molar-refractivity contribution is 0.0992. The van der Waals surface area contributed by atoms with E-state index in [4.69, 9.17) is 0 Å². The Bertz CT molecular complexity index is 494. The molecule has 2 aromatic rings. The summed E-state index contributed by atoms with van der Waals surface area (Å²) in [7, 11) is 0. The fourth-order valence-corrected chi connectivity index (χ4v) is 1.06. The van der Waals surface area contributed by atoms with Gasteiger partial charge in [0.15, 0.2) is 0 Å². The highest BCUT2D eigenvalue weighted by Crippen LogP contribution is 2.19. The van der Waals surface area contributed by atoms with Gasteiger partial charge in [-0.3, -0.25) is 9.78 Å². The van der Waals surface area contributed by atoms with Crippen molar-refractivity contribution in [3.05, 3.63) is 35.1 Å². The third-order valence-electron chi connectivity index (χ3n) is 1.71. The number of carbonyl (C=O) groups is 1. The van der Waals surface area contributed by atoms with Crippen LogP contribution < -0.4 is 0 Å². The molecule has 0 spiro atoms. The van der Waals surface area contributed by atoms with Crippen LogP contribution in [-0.2, 0) is 0 Å². The van der Waals surface area contributed by atoms with E-state index in [0.29, 0.717) is 5.56 Å². The van der Waals surface area contributed by atoms with Crippen LogP contribution in [0.5, 0.6) is 0 Å². The van der Waals surface area contributed by atoms with E-state index in [-0.39, 0.29) is 11.4 Å². The summed E-state index contributed by atoms with van der Waals surface area (Å²) in [5.41, 5.74) is 0.483. The smallest absolute Gasteiger partial charge is 0.264 e. The molecule has 0 atom stereocenters. The summed E-state index contributed by atoms with van der Waals surface area (Å²) < 4.78 is 4.38. The lowest BCUT2D eigenvalue weighted by Gasteiger charge is -1.93. The number of pyridine rings is 1. The molecule has 7 heteroatoms. The van der Waals surface area contributed by atoms with Gasteiger partial charge in [0.1, 0.15) is 5.69 Å². The predicted octanol–water partition coefficient (Wildman–Crippen LogP) is 1.04. The fraction of sp³-hybridized carbons (Fsp3) is 0. The van der Waals surface area contributed by atoms with Crippen molar-refractivity contribution in [2.24, 2.45) is 5.18 Å². The normalized spacial score (nSPS) is 9.87. The van der Waals surface area contributed by atoms with E-state index < -0.39 is 5.91 Å². The monoisotopic (exact) mass is 204 g/mol. The van der Waals surface area contributed by atoms with Crippen LogP contribution in [-0.4, -0.2) is 21.2 Å². The van der Waals surface area contributed by atoms with Crippen molar-refractivity contribution in [3.8, 4) is 11.3 Å². The number of amides is 1. The number of carbonyl (C=O) groups excluding carboxylic acids is 1. The van der Waals surface area contributed by atoms with Crippen molar-refractivity contribution in [2.45, 2.75) is 0 Å². The summed E-state index contributed by atoms with van der Waals surface area (Å²) in [4.78, 5) is 24.9. The molecule has 15 heavy (non-hydrogen) atoms. The van der Waals surface area contributed by atoms with E-state index in [2.05, 4.69) is 25.1 Å². The molecule has 2 rings (SSSR count). The van der Waals surface area contributed by atoms with E-state index in [0.717, 1.165) is 0 Å². The first-order valence-corrected chi connectivity index (χ1v) is 3.93. The summed E-state index contributed by atoms with van der Waals surface area (Å²) in [5.74, 6) is -1.02. The van der Waals surface area contributed by atoms with Gasteiger partial charge >= 0.3 is 5.91 Å². The first-order chi connectivity index (χ1) is 7.33. The quantitative estimate of drug-likeness (QED) is 0.677. The predicted molar refractivity (Wildman–Crippen MR) is 47.7 cm³/mol. The first kappa shape index (κ1) is 9.13. The average molecular weight is 204 g/mol. The maximum absolute atomic E-state index is 11.0. The Kier molecular flexibility index (Phi) is 2.28. The van der Waals surface area contributed by atoms with Gasteiger partial charge in [0.2, 0.25) is 5.69 Å². The fourth-order valence-electron chi connectivity index (χ4n) is 1.06. The Balaban J connectivity index is 2.50. The molecule has 0 saturated carbocycles. The minimum absolute atomic E-state index is 0.160. The molecule has 0 radical (unpaired) electrons. The van der Waals surface area contributed by atoms with Crippen molar-refractivity contribution in [3.63, 3.8) is 0 Å². The zero-order chi connectivity index (χ0) is 10.7. The Morgan fingerprint density at radius 1 is 1.40 bits per heavy atom. The molecule has 0 bridgehead atoms. The summed E-state index contributed by atoms with van der Waals surface area (Å²) in [6, 6.07) is 3.32. The Hall–Kier alpha value is -2.44. The Morgan fingerprint density at radius 3 is 2.93 bits per heavy atom. The molecule has 7 nitrogen and oxygen atoms in total. The van der Waals surface area contributed by atoms with Gasteiger partial charge in [-0.05, 0) is 22.4 Å². The largest absolute Gasteiger partial charge is 0.340 e. The molecule has 0 N–H and O–H groups in total. The summed E-state index contributed by atoms with van der Waals surface area (Å²) in [6.07, 6.45) is 3.04. The second-order valence-corrected chi connectivity index (χ2v) is 2.60. The van der Waals surface area contributed by atoms with Crippen LogP contribution >= 0.6 is 0 Å². The van der Waals surface area contributed by atoms with Crippen LogP contribution in [0.25, 0.3) is 11.3 Å². The van der Waals surface area contributed by atoms with Gasteiger partial charge in [0.05, 0.1) is 0 Å².